The third-order valence-electron chi connectivity index (χ3n) is 4.97. The second-order valence-electron chi connectivity index (χ2n) is 7.06. The van der Waals surface area contributed by atoms with Gasteiger partial charge in [0.15, 0.2) is 0 Å². The number of hydrogen-bond donors (Lipinski definition) is 1. The molecule has 1 aliphatic heterocycles. The lowest BCUT2D eigenvalue weighted by molar-refractivity contribution is 0.0143. The normalized spacial score (nSPS) is 14.6. The van der Waals surface area contributed by atoms with Crippen molar-refractivity contribution >= 4 is 17.0 Å². The monoisotopic (exact) mass is 394 g/mol. The predicted octanol–water partition coefficient (Wildman–Crippen LogP) is 1.93. The van der Waals surface area contributed by atoms with Crippen LogP contribution in [0.25, 0.3) is 11.0 Å². The molecule has 1 saturated heterocycles. The number of carbonyl (C=O) groups excluding carboxylic acids is 1. The maximum atomic E-state index is 12.0. The summed E-state index contributed by atoms with van der Waals surface area (Å²) >= 11 is 0. The molecule has 150 valence electrons. The predicted molar refractivity (Wildman–Crippen MR) is 107 cm³/mol. The average Bonchev–Trinajstić information content (AvgIpc) is 2.71. The van der Waals surface area contributed by atoms with Gasteiger partial charge in [-0.05, 0) is 36.2 Å². The molecule has 0 radical (unpaired) electrons. The SMILES string of the molecule is CCc1cc2ncc(CN3CC(Oc4ccc(C(=O)OC)nc4)C3)cc2[nH]c1=O. The first-order valence-electron chi connectivity index (χ1n) is 9.50. The van der Waals surface area contributed by atoms with Crippen molar-refractivity contribution in [2.45, 2.75) is 26.0 Å². The molecule has 29 heavy (non-hydrogen) atoms. The van der Waals surface area contributed by atoms with Gasteiger partial charge in [0.25, 0.3) is 5.56 Å². The summed E-state index contributed by atoms with van der Waals surface area (Å²) in [4.78, 5) is 37.1. The Morgan fingerprint density at radius 3 is 2.76 bits per heavy atom. The van der Waals surface area contributed by atoms with Gasteiger partial charge >= 0.3 is 5.97 Å². The zero-order chi connectivity index (χ0) is 20.4. The molecule has 0 aromatic carbocycles. The zero-order valence-electron chi connectivity index (χ0n) is 16.3. The summed E-state index contributed by atoms with van der Waals surface area (Å²) in [5, 5.41) is 0. The number of ether oxygens (including phenoxy) is 2. The number of fused-ring (bicyclic) bond motifs is 1. The maximum absolute atomic E-state index is 12.0. The molecule has 0 atom stereocenters. The molecule has 4 heterocycles. The van der Waals surface area contributed by atoms with E-state index in [1.54, 1.807) is 12.1 Å². The molecule has 4 rings (SSSR count). The number of nitrogens with zero attached hydrogens (tertiary/aromatic N) is 3. The fourth-order valence-corrected chi connectivity index (χ4v) is 3.37. The van der Waals surface area contributed by atoms with Crippen LogP contribution in [0.5, 0.6) is 5.75 Å². The Labute approximate surface area is 167 Å². The first kappa shape index (κ1) is 19.1. The number of H-pyrrole nitrogens is 1. The van der Waals surface area contributed by atoms with Gasteiger partial charge in [0.2, 0.25) is 0 Å². The van der Waals surface area contributed by atoms with Gasteiger partial charge < -0.3 is 14.5 Å². The number of rotatable bonds is 6. The van der Waals surface area contributed by atoms with E-state index in [1.807, 2.05) is 25.3 Å². The van der Waals surface area contributed by atoms with Crippen molar-refractivity contribution in [3.8, 4) is 5.75 Å². The van der Waals surface area contributed by atoms with Crippen LogP contribution in [-0.4, -0.2) is 52.1 Å². The van der Waals surface area contributed by atoms with Crippen LogP contribution in [0.4, 0.5) is 0 Å². The molecule has 0 aliphatic carbocycles. The minimum Gasteiger partial charge on any atom is -0.486 e. The molecule has 3 aromatic heterocycles. The number of carbonyl (C=O) groups is 1. The Hall–Kier alpha value is -3.26. The number of hydrogen-bond acceptors (Lipinski definition) is 7. The second-order valence-corrected chi connectivity index (χ2v) is 7.06. The zero-order valence-corrected chi connectivity index (χ0v) is 16.3. The average molecular weight is 394 g/mol. The van der Waals surface area contributed by atoms with Crippen molar-refractivity contribution in [2.75, 3.05) is 20.2 Å². The lowest BCUT2D eigenvalue weighted by Gasteiger charge is -2.38. The largest absolute Gasteiger partial charge is 0.486 e. The van der Waals surface area contributed by atoms with E-state index in [4.69, 9.17) is 4.74 Å². The van der Waals surface area contributed by atoms with Crippen molar-refractivity contribution in [2.24, 2.45) is 0 Å². The fourth-order valence-electron chi connectivity index (χ4n) is 3.37. The summed E-state index contributed by atoms with van der Waals surface area (Å²) in [7, 11) is 1.32. The highest BCUT2D eigenvalue weighted by molar-refractivity contribution is 5.87. The van der Waals surface area contributed by atoms with Gasteiger partial charge in [0.1, 0.15) is 17.5 Å². The van der Waals surface area contributed by atoms with Crippen LogP contribution in [0.3, 0.4) is 0 Å². The Morgan fingerprint density at radius 1 is 1.24 bits per heavy atom. The van der Waals surface area contributed by atoms with Crippen LogP contribution >= 0.6 is 0 Å². The number of pyridine rings is 3. The highest BCUT2D eigenvalue weighted by Crippen LogP contribution is 2.20. The Morgan fingerprint density at radius 2 is 2.07 bits per heavy atom. The summed E-state index contributed by atoms with van der Waals surface area (Å²) in [6.45, 7) is 4.25. The molecule has 0 bridgehead atoms. The summed E-state index contributed by atoms with van der Waals surface area (Å²) in [5.74, 6) is 0.154. The molecular formula is C21H22N4O4. The van der Waals surface area contributed by atoms with Gasteiger partial charge in [-0.15, -0.1) is 0 Å². The molecule has 1 aliphatic rings. The van der Waals surface area contributed by atoms with Crippen molar-refractivity contribution in [3.05, 3.63) is 63.8 Å². The van der Waals surface area contributed by atoms with Crippen molar-refractivity contribution in [1.82, 2.24) is 19.9 Å². The number of esters is 1. The summed E-state index contributed by atoms with van der Waals surface area (Å²) in [5.41, 5.74) is 3.55. The number of aromatic amines is 1. The molecule has 0 spiro atoms. The van der Waals surface area contributed by atoms with E-state index in [0.717, 1.165) is 41.8 Å². The van der Waals surface area contributed by atoms with E-state index < -0.39 is 5.97 Å². The van der Waals surface area contributed by atoms with Gasteiger partial charge in [-0.3, -0.25) is 14.7 Å². The van der Waals surface area contributed by atoms with Crippen molar-refractivity contribution in [3.63, 3.8) is 0 Å². The van der Waals surface area contributed by atoms with Crippen LogP contribution < -0.4 is 10.3 Å². The molecule has 3 aromatic rings. The van der Waals surface area contributed by atoms with Crippen LogP contribution in [0.15, 0.2) is 41.5 Å². The first-order chi connectivity index (χ1) is 14.1. The maximum Gasteiger partial charge on any atom is 0.356 e. The summed E-state index contributed by atoms with van der Waals surface area (Å²) in [6, 6.07) is 7.14. The molecule has 0 saturated carbocycles. The van der Waals surface area contributed by atoms with Gasteiger partial charge in [0.05, 0.1) is 24.3 Å². The van der Waals surface area contributed by atoms with Crippen molar-refractivity contribution in [1.29, 1.82) is 0 Å². The Balaban J connectivity index is 1.33. The van der Waals surface area contributed by atoms with Crippen LogP contribution in [0, 0.1) is 0 Å². The lowest BCUT2D eigenvalue weighted by atomic mass is 10.1. The first-order valence-corrected chi connectivity index (χ1v) is 9.50. The number of methoxy groups -OCH3 is 1. The van der Waals surface area contributed by atoms with Crippen LogP contribution in [0.2, 0.25) is 0 Å². The second kappa shape index (κ2) is 8.00. The van der Waals surface area contributed by atoms with E-state index in [1.165, 1.54) is 13.3 Å². The van der Waals surface area contributed by atoms with E-state index in [0.29, 0.717) is 12.2 Å². The van der Waals surface area contributed by atoms with E-state index in [2.05, 4.69) is 24.6 Å². The van der Waals surface area contributed by atoms with E-state index in [-0.39, 0.29) is 17.4 Å². The fraction of sp³-hybridized carbons (Fsp3) is 0.333. The smallest absolute Gasteiger partial charge is 0.356 e. The number of aromatic nitrogens is 3. The summed E-state index contributed by atoms with van der Waals surface area (Å²) < 4.78 is 10.5. The highest BCUT2D eigenvalue weighted by Gasteiger charge is 2.28. The third-order valence-corrected chi connectivity index (χ3v) is 4.97. The summed E-state index contributed by atoms with van der Waals surface area (Å²) in [6.07, 6.45) is 4.14. The minimum atomic E-state index is -0.470. The molecule has 8 heteroatoms. The van der Waals surface area contributed by atoms with Gasteiger partial charge in [0, 0.05) is 31.4 Å². The Bertz CT molecular complexity index is 1090. The topological polar surface area (TPSA) is 97.4 Å². The molecule has 0 amide bonds. The Kier molecular flexibility index (Phi) is 5.26. The highest BCUT2D eigenvalue weighted by atomic mass is 16.5. The quantitative estimate of drug-likeness (QED) is 0.638. The van der Waals surface area contributed by atoms with E-state index >= 15 is 0 Å². The van der Waals surface area contributed by atoms with Gasteiger partial charge in [-0.25, -0.2) is 9.78 Å². The third kappa shape index (κ3) is 4.12. The van der Waals surface area contributed by atoms with Crippen molar-refractivity contribution < 1.29 is 14.3 Å². The molecule has 1 fully saturated rings. The molecular weight excluding hydrogens is 372 g/mol. The van der Waals surface area contributed by atoms with Crippen LogP contribution in [0.1, 0.15) is 28.5 Å². The molecule has 8 nitrogen and oxygen atoms in total. The molecule has 1 N–H and O–H groups in total. The van der Waals surface area contributed by atoms with Gasteiger partial charge in [-0.1, -0.05) is 6.92 Å². The lowest BCUT2D eigenvalue weighted by Crippen LogP contribution is -2.53. The van der Waals surface area contributed by atoms with Crippen LogP contribution in [-0.2, 0) is 17.7 Å². The standard InChI is InChI=1S/C21H22N4O4/c1-3-14-7-18-19(24-20(14)26)6-13(8-22-18)10-25-11-16(12-25)29-15-4-5-17(23-9-15)21(27)28-2/h4-9,16H,3,10-12H2,1-2H3,(H,24,26). The number of likely N-dealkylation sites (tertiary alicyclic amines) is 1. The molecule has 0 unspecified atom stereocenters. The van der Waals surface area contributed by atoms with E-state index in [9.17, 15) is 9.59 Å². The van der Waals surface area contributed by atoms with Gasteiger partial charge in [-0.2, -0.15) is 0 Å². The number of aryl methyl sites for hydroxylation is 1. The minimum absolute atomic E-state index is 0.0526. The number of nitrogens with one attached hydrogen (secondary N) is 1.